The molecule has 2 heterocycles. The number of hydrogen-bond acceptors (Lipinski definition) is 5. The fraction of sp³-hybridized carbons (Fsp3) is 0.429. The lowest BCUT2D eigenvalue weighted by molar-refractivity contribution is -0.00619. The summed E-state index contributed by atoms with van der Waals surface area (Å²) in [6.45, 7) is 1.29. The summed E-state index contributed by atoms with van der Waals surface area (Å²) in [6.07, 6.45) is 8.39. The van der Waals surface area contributed by atoms with E-state index in [1.54, 1.807) is 24.0 Å². The summed E-state index contributed by atoms with van der Waals surface area (Å²) < 4.78 is 13.3. The number of carbonyl (C=O) groups excluding carboxylic acids is 1. The topological polar surface area (TPSA) is 79.4 Å². The van der Waals surface area contributed by atoms with Gasteiger partial charge in [0.05, 0.1) is 29.7 Å². The third kappa shape index (κ3) is 3.83. The van der Waals surface area contributed by atoms with E-state index < -0.39 is 5.91 Å². The van der Waals surface area contributed by atoms with Gasteiger partial charge in [-0.05, 0) is 49.4 Å². The average molecular weight is 400 g/mol. The number of benzene rings is 1. The molecule has 7 heteroatoms. The minimum atomic E-state index is -0.399. The molecule has 0 unspecified atom stereocenters. The maximum atomic E-state index is 12.1. The molecule has 2 aromatic heterocycles. The third-order valence-electron chi connectivity index (χ3n) is 5.50. The van der Waals surface area contributed by atoms with Crippen molar-refractivity contribution in [2.24, 2.45) is 5.73 Å². The summed E-state index contributed by atoms with van der Waals surface area (Å²) >= 11 is 1.56. The average Bonchev–Trinajstić information content (AvgIpc) is 3.38. The minimum absolute atomic E-state index is 0.308. The van der Waals surface area contributed by atoms with Crippen LogP contribution in [0.5, 0.6) is 0 Å². The molecule has 0 aliphatic heterocycles. The van der Waals surface area contributed by atoms with Gasteiger partial charge < -0.3 is 19.8 Å². The van der Waals surface area contributed by atoms with E-state index >= 15 is 0 Å². The Morgan fingerprint density at radius 3 is 2.79 bits per heavy atom. The van der Waals surface area contributed by atoms with E-state index in [4.69, 9.17) is 15.2 Å². The molecule has 0 radical (unpaired) electrons. The largest absolute Gasteiger partial charge is 0.382 e. The Hall–Kier alpha value is -2.22. The van der Waals surface area contributed by atoms with E-state index in [2.05, 4.69) is 21.8 Å². The van der Waals surface area contributed by atoms with Crippen molar-refractivity contribution in [1.82, 2.24) is 9.55 Å². The number of ether oxygens (including phenoxy) is 2. The zero-order valence-electron chi connectivity index (χ0n) is 16.0. The number of primary amides is 1. The van der Waals surface area contributed by atoms with Crippen molar-refractivity contribution < 1.29 is 14.3 Å². The Labute approximate surface area is 168 Å². The molecule has 28 heavy (non-hydrogen) atoms. The third-order valence-corrected chi connectivity index (χ3v) is 6.32. The lowest BCUT2D eigenvalue weighted by atomic mass is 9.92. The van der Waals surface area contributed by atoms with Crippen molar-refractivity contribution >= 4 is 28.1 Å². The van der Waals surface area contributed by atoms with E-state index in [1.807, 2.05) is 18.3 Å². The van der Waals surface area contributed by atoms with Gasteiger partial charge in [0.25, 0.3) is 0 Å². The number of hydrogen-bond donors (Lipinski definition) is 1. The van der Waals surface area contributed by atoms with E-state index in [1.165, 1.54) is 0 Å². The maximum absolute atomic E-state index is 12.1. The first-order valence-electron chi connectivity index (χ1n) is 9.61. The van der Waals surface area contributed by atoms with Gasteiger partial charge >= 0.3 is 0 Å². The van der Waals surface area contributed by atoms with Crippen LogP contribution in [0, 0.1) is 0 Å². The molecule has 1 amide bonds. The van der Waals surface area contributed by atoms with Crippen molar-refractivity contribution in [2.75, 3.05) is 20.3 Å². The molecule has 1 aliphatic carbocycles. The van der Waals surface area contributed by atoms with Gasteiger partial charge in [0.15, 0.2) is 0 Å². The molecule has 0 bridgehead atoms. The summed E-state index contributed by atoms with van der Waals surface area (Å²) in [5.41, 5.74) is 10.1. The van der Waals surface area contributed by atoms with Crippen molar-refractivity contribution in [3.63, 3.8) is 0 Å². The maximum Gasteiger partial charge on any atom is 0.249 e. The molecule has 1 aromatic carbocycles. The van der Waals surface area contributed by atoms with Gasteiger partial charge in [0, 0.05) is 42.0 Å². The van der Waals surface area contributed by atoms with Gasteiger partial charge in [-0.3, -0.25) is 9.78 Å². The number of methoxy groups -OCH3 is 1. The standard InChI is InChI=1S/C21H25N3O3S/c1-26-8-9-27-16-4-2-15(3-5-16)24-7-6-17-18(21(22)25)10-14(11-19(17)24)20-12-23-13-28-20/h6-7,10-13,15-16H,2-5,8-9H2,1H3,(H2,22,25). The van der Waals surface area contributed by atoms with Crippen LogP contribution in [0.4, 0.5) is 0 Å². The number of amides is 1. The Morgan fingerprint density at radius 2 is 2.11 bits per heavy atom. The van der Waals surface area contributed by atoms with Crippen LogP contribution in [-0.2, 0) is 9.47 Å². The van der Waals surface area contributed by atoms with Crippen LogP contribution in [0.1, 0.15) is 42.1 Å². The first-order valence-corrected chi connectivity index (χ1v) is 10.5. The molecule has 0 saturated heterocycles. The van der Waals surface area contributed by atoms with Crippen LogP contribution in [0.3, 0.4) is 0 Å². The Kier molecular flexibility index (Phi) is 5.75. The number of carbonyl (C=O) groups is 1. The predicted molar refractivity (Wildman–Crippen MR) is 111 cm³/mol. The first-order chi connectivity index (χ1) is 13.7. The predicted octanol–water partition coefficient (Wildman–Crippen LogP) is 4.01. The fourth-order valence-electron chi connectivity index (χ4n) is 4.07. The number of rotatable bonds is 7. The second-order valence-corrected chi connectivity index (χ2v) is 8.09. The Balaban J connectivity index is 1.61. The molecule has 2 N–H and O–H groups in total. The molecule has 3 aromatic rings. The van der Waals surface area contributed by atoms with Crippen LogP contribution in [0.25, 0.3) is 21.3 Å². The number of fused-ring (bicyclic) bond motifs is 1. The van der Waals surface area contributed by atoms with Gasteiger partial charge in [-0.2, -0.15) is 0 Å². The van der Waals surface area contributed by atoms with E-state index in [0.717, 1.165) is 47.0 Å². The summed E-state index contributed by atoms with van der Waals surface area (Å²) in [6, 6.07) is 6.43. The van der Waals surface area contributed by atoms with Crippen molar-refractivity contribution in [1.29, 1.82) is 0 Å². The number of aromatic nitrogens is 2. The van der Waals surface area contributed by atoms with Gasteiger partial charge in [0.1, 0.15) is 0 Å². The minimum Gasteiger partial charge on any atom is -0.382 e. The van der Waals surface area contributed by atoms with Gasteiger partial charge in [-0.15, -0.1) is 11.3 Å². The summed E-state index contributed by atoms with van der Waals surface area (Å²) in [7, 11) is 1.69. The van der Waals surface area contributed by atoms with Crippen molar-refractivity contribution in [2.45, 2.75) is 37.8 Å². The molecule has 0 spiro atoms. The molecular weight excluding hydrogens is 374 g/mol. The Bertz CT molecular complexity index is 943. The van der Waals surface area contributed by atoms with Crippen LogP contribution >= 0.6 is 11.3 Å². The molecule has 148 valence electrons. The van der Waals surface area contributed by atoms with Crippen molar-refractivity contribution in [3.05, 3.63) is 41.7 Å². The number of nitrogens with two attached hydrogens (primary N) is 1. The molecule has 1 fully saturated rings. The first kappa shape index (κ1) is 19.1. The SMILES string of the molecule is COCCOC1CCC(n2ccc3c(C(N)=O)cc(-c4cncs4)cc32)CC1. The molecule has 0 atom stereocenters. The molecule has 4 rings (SSSR count). The zero-order valence-corrected chi connectivity index (χ0v) is 16.8. The lowest BCUT2D eigenvalue weighted by Crippen LogP contribution is -2.24. The molecule has 1 saturated carbocycles. The van der Waals surface area contributed by atoms with Crippen molar-refractivity contribution in [3.8, 4) is 10.4 Å². The summed E-state index contributed by atoms with van der Waals surface area (Å²) in [5.74, 6) is -0.399. The lowest BCUT2D eigenvalue weighted by Gasteiger charge is -2.30. The van der Waals surface area contributed by atoms with Gasteiger partial charge in [-0.1, -0.05) is 0 Å². The number of thiazole rings is 1. The smallest absolute Gasteiger partial charge is 0.249 e. The highest BCUT2D eigenvalue weighted by Gasteiger charge is 2.24. The highest BCUT2D eigenvalue weighted by molar-refractivity contribution is 7.13. The molecule has 6 nitrogen and oxygen atoms in total. The normalized spacial score (nSPS) is 19.9. The molecular formula is C21H25N3O3S. The second kappa shape index (κ2) is 8.43. The number of nitrogens with zero attached hydrogens (tertiary/aromatic N) is 2. The van der Waals surface area contributed by atoms with E-state index in [0.29, 0.717) is 30.9 Å². The van der Waals surface area contributed by atoms with Crippen LogP contribution in [0.15, 0.2) is 36.1 Å². The second-order valence-electron chi connectivity index (χ2n) is 7.20. The quantitative estimate of drug-likeness (QED) is 0.609. The monoisotopic (exact) mass is 399 g/mol. The Morgan fingerprint density at radius 1 is 1.29 bits per heavy atom. The summed E-state index contributed by atoms with van der Waals surface area (Å²) in [5, 5.41) is 0.916. The van der Waals surface area contributed by atoms with Crippen LogP contribution < -0.4 is 5.73 Å². The van der Waals surface area contributed by atoms with Crippen LogP contribution in [-0.4, -0.2) is 41.9 Å². The van der Waals surface area contributed by atoms with Gasteiger partial charge in [0.2, 0.25) is 5.91 Å². The summed E-state index contributed by atoms with van der Waals surface area (Å²) in [4.78, 5) is 17.3. The van der Waals surface area contributed by atoms with Gasteiger partial charge in [-0.25, -0.2) is 0 Å². The highest BCUT2D eigenvalue weighted by atomic mass is 32.1. The zero-order chi connectivity index (χ0) is 19.5. The van der Waals surface area contributed by atoms with E-state index in [-0.39, 0.29) is 0 Å². The van der Waals surface area contributed by atoms with E-state index in [9.17, 15) is 4.79 Å². The highest BCUT2D eigenvalue weighted by Crippen LogP contribution is 2.36. The fourth-order valence-corrected chi connectivity index (χ4v) is 4.68. The molecule has 1 aliphatic rings. The van der Waals surface area contributed by atoms with Crippen LogP contribution in [0.2, 0.25) is 0 Å².